The van der Waals surface area contributed by atoms with Gasteiger partial charge in [-0.1, -0.05) is 42.0 Å². The van der Waals surface area contributed by atoms with Crippen LogP contribution in [0.2, 0.25) is 0 Å². The van der Waals surface area contributed by atoms with Crippen LogP contribution in [-0.4, -0.2) is 15.5 Å². The highest BCUT2D eigenvalue weighted by molar-refractivity contribution is 5.92. The van der Waals surface area contributed by atoms with E-state index in [1.807, 2.05) is 55.5 Å². The summed E-state index contributed by atoms with van der Waals surface area (Å²) in [5, 5.41) is 2.56. The average molecular weight is 409 g/mol. The van der Waals surface area contributed by atoms with Crippen molar-refractivity contribution in [1.29, 1.82) is 0 Å². The van der Waals surface area contributed by atoms with Crippen LogP contribution in [0.5, 0.6) is 0 Å². The number of carbonyl (C=O) groups is 1. The average Bonchev–Trinajstić information content (AvgIpc) is 3.06. The first-order chi connectivity index (χ1) is 14.3. The Morgan fingerprint density at radius 1 is 1.00 bits per heavy atom. The number of benzene rings is 3. The summed E-state index contributed by atoms with van der Waals surface area (Å²) in [5.41, 5.74) is 2.71. The van der Waals surface area contributed by atoms with Gasteiger partial charge in [-0.3, -0.25) is 4.79 Å². The number of hydrogen-bond acceptors (Lipinski definition) is 2. The number of carbonyl (C=O) groups excluding carboxylic acids is 1. The zero-order valence-electron chi connectivity index (χ0n) is 16.1. The van der Waals surface area contributed by atoms with E-state index in [1.165, 1.54) is 12.1 Å². The lowest BCUT2D eigenvalue weighted by molar-refractivity contribution is -0.137. The summed E-state index contributed by atoms with van der Waals surface area (Å²) in [5.74, 6) is 0.186. The van der Waals surface area contributed by atoms with E-state index in [0.717, 1.165) is 34.3 Å². The largest absolute Gasteiger partial charge is 0.416 e. The van der Waals surface area contributed by atoms with Crippen LogP contribution in [0, 0.1) is 6.92 Å². The van der Waals surface area contributed by atoms with Crippen molar-refractivity contribution in [3.05, 3.63) is 83.9 Å². The first-order valence-electron chi connectivity index (χ1n) is 9.31. The third-order valence-electron chi connectivity index (χ3n) is 4.71. The van der Waals surface area contributed by atoms with Crippen molar-refractivity contribution in [3.63, 3.8) is 0 Å². The lowest BCUT2D eigenvalue weighted by Gasteiger charge is -2.12. The standard InChI is InChI=1S/C23H18F3N3O/c1-15-6-4-7-16(12-15)22-28-19-10-2-3-11-20(19)29(22)14-21(30)27-18-9-5-8-17(13-18)23(24,25)26/h2-13H,14H2,1H3,(H,27,30). The summed E-state index contributed by atoms with van der Waals surface area (Å²) < 4.78 is 40.6. The molecule has 1 aromatic heterocycles. The molecular weight excluding hydrogens is 391 g/mol. The minimum atomic E-state index is -4.47. The molecule has 4 aromatic rings. The SMILES string of the molecule is Cc1cccc(-c2nc3ccccc3n2CC(=O)Nc2cccc(C(F)(F)F)c2)c1. The number of halogens is 3. The molecule has 3 aromatic carbocycles. The Bertz CT molecular complexity index is 1230. The highest BCUT2D eigenvalue weighted by atomic mass is 19.4. The van der Waals surface area contributed by atoms with Crippen LogP contribution in [0.3, 0.4) is 0 Å². The second-order valence-corrected chi connectivity index (χ2v) is 7.01. The van der Waals surface area contributed by atoms with Gasteiger partial charge in [0.1, 0.15) is 12.4 Å². The normalized spacial score (nSPS) is 11.6. The number of rotatable bonds is 4. The zero-order chi connectivity index (χ0) is 21.3. The smallest absolute Gasteiger partial charge is 0.325 e. The van der Waals surface area contributed by atoms with Gasteiger partial charge in [0.05, 0.1) is 16.6 Å². The monoisotopic (exact) mass is 409 g/mol. The third-order valence-corrected chi connectivity index (χ3v) is 4.71. The zero-order valence-corrected chi connectivity index (χ0v) is 16.1. The van der Waals surface area contributed by atoms with Gasteiger partial charge in [-0.2, -0.15) is 13.2 Å². The molecule has 0 aliphatic carbocycles. The number of alkyl halides is 3. The second-order valence-electron chi connectivity index (χ2n) is 7.01. The number of para-hydroxylation sites is 2. The van der Waals surface area contributed by atoms with Crippen LogP contribution in [0.15, 0.2) is 72.8 Å². The summed E-state index contributed by atoms with van der Waals surface area (Å²) in [7, 11) is 0. The predicted molar refractivity (Wildman–Crippen MR) is 110 cm³/mol. The topological polar surface area (TPSA) is 46.9 Å². The van der Waals surface area contributed by atoms with E-state index in [0.29, 0.717) is 5.82 Å². The first kappa shape index (κ1) is 19.7. The first-order valence-corrected chi connectivity index (χ1v) is 9.31. The molecule has 1 N–H and O–H groups in total. The minimum Gasteiger partial charge on any atom is -0.325 e. The Labute approximate surface area is 171 Å². The van der Waals surface area contributed by atoms with Gasteiger partial charge >= 0.3 is 6.18 Å². The van der Waals surface area contributed by atoms with Crippen LogP contribution in [-0.2, 0) is 17.5 Å². The fourth-order valence-electron chi connectivity index (χ4n) is 3.36. The number of imidazole rings is 1. The molecule has 0 saturated heterocycles. The maximum absolute atomic E-state index is 12.9. The molecule has 4 nitrogen and oxygen atoms in total. The van der Waals surface area contributed by atoms with Crippen LogP contribution in [0.1, 0.15) is 11.1 Å². The van der Waals surface area contributed by atoms with E-state index in [1.54, 1.807) is 4.57 Å². The maximum atomic E-state index is 12.9. The molecule has 0 aliphatic rings. The predicted octanol–water partition coefficient (Wildman–Crippen LogP) is 5.67. The maximum Gasteiger partial charge on any atom is 0.416 e. The highest BCUT2D eigenvalue weighted by Crippen LogP contribution is 2.31. The molecule has 0 radical (unpaired) electrons. The fraction of sp³-hybridized carbons (Fsp3) is 0.130. The van der Waals surface area contributed by atoms with E-state index < -0.39 is 17.6 Å². The van der Waals surface area contributed by atoms with E-state index in [9.17, 15) is 18.0 Å². The number of aromatic nitrogens is 2. The van der Waals surface area contributed by atoms with Crippen LogP contribution in [0.25, 0.3) is 22.4 Å². The Hall–Kier alpha value is -3.61. The quantitative estimate of drug-likeness (QED) is 0.472. The van der Waals surface area contributed by atoms with Crippen molar-refractivity contribution in [2.24, 2.45) is 0 Å². The van der Waals surface area contributed by atoms with Crippen molar-refractivity contribution >= 4 is 22.6 Å². The van der Waals surface area contributed by atoms with Gasteiger partial charge < -0.3 is 9.88 Å². The molecule has 1 heterocycles. The molecule has 0 unspecified atom stereocenters. The van der Waals surface area contributed by atoms with Crippen molar-refractivity contribution in [1.82, 2.24) is 9.55 Å². The van der Waals surface area contributed by atoms with Gasteiger partial charge in [-0.25, -0.2) is 4.98 Å². The Morgan fingerprint density at radius 2 is 1.77 bits per heavy atom. The second kappa shape index (κ2) is 7.67. The van der Waals surface area contributed by atoms with Crippen LogP contribution >= 0.6 is 0 Å². The summed E-state index contributed by atoms with van der Waals surface area (Å²) in [6, 6.07) is 19.8. The van der Waals surface area contributed by atoms with E-state index in [2.05, 4.69) is 10.3 Å². The molecular formula is C23H18F3N3O. The molecule has 0 fully saturated rings. The lowest BCUT2D eigenvalue weighted by Crippen LogP contribution is -2.19. The van der Waals surface area contributed by atoms with Crippen LogP contribution in [0.4, 0.5) is 18.9 Å². The number of amides is 1. The Kier molecular flexibility index (Phi) is 5.03. The van der Waals surface area contributed by atoms with E-state index in [-0.39, 0.29) is 12.2 Å². The molecule has 30 heavy (non-hydrogen) atoms. The summed E-state index contributed by atoms with van der Waals surface area (Å²) >= 11 is 0. The van der Waals surface area contributed by atoms with Gasteiger partial charge in [-0.05, 0) is 43.3 Å². The van der Waals surface area contributed by atoms with Gasteiger partial charge in [0.25, 0.3) is 0 Å². The number of fused-ring (bicyclic) bond motifs is 1. The molecule has 0 atom stereocenters. The van der Waals surface area contributed by atoms with Gasteiger partial charge in [0, 0.05) is 11.3 Å². The van der Waals surface area contributed by atoms with E-state index >= 15 is 0 Å². The molecule has 4 rings (SSSR count). The van der Waals surface area contributed by atoms with Crippen molar-refractivity contribution < 1.29 is 18.0 Å². The van der Waals surface area contributed by atoms with Gasteiger partial charge in [-0.15, -0.1) is 0 Å². The third kappa shape index (κ3) is 4.05. The molecule has 0 spiro atoms. The molecule has 0 bridgehead atoms. The van der Waals surface area contributed by atoms with Crippen molar-refractivity contribution in [2.75, 3.05) is 5.32 Å². The Balaban J connectivity index is 1.67. The van der Waals surface area contributed by atoms with Crippen molar-refractivity contribution in [2.45, 2.75) is 19.6 Å². The minimum absolute atomic E-state index is 0.0833. The molecule has 152 valence electrons. The van der Waals surface area contributed by atoms with Crippen LogP contribution < -0.4 is 5.32 Å². The van der Waals surface area contributed by atoms with Gasteiger partial charge in [0.2, 0.25) is 5.91 Å². The fourth-order valence-corrected chi connectivity index (χ4v) is 3.36. The summed E-state index contributed by atoms with van der Waals surface area (Å²) in [6.45, 7) is 1.89. The summed E-state index contributed by atoms with van der Waals surface area (Å²) in [4.78, 5) is 17.4. The number of aryl methyl sites for hydroxylation is 1. The molecule has 7 heteroatoms. The molecule has 0 aliphatic heterocycles. The Morgan fingerprint density at radius 3 is 2.53 bits per heavy atom. The van der Waals surface area contributed by atoms with E-state index in [4.69, 9.17) is 0 Å². The summed E-state index contributed by atoms with van der Waals surface area (Å²) in [6.07, 6.45) is -4.47. The number of nitrogens with zero attached hydrogens (tertiary/aromatic N) is 2. The van der Waals surface area contributed by atoms with Crippen molar-refractivity contribution in [3.8, 4) is 11.4 Å². The number of hydrogen-bond donors (Lipinski definition) is 1. The highest BCUT2D eigenvalue weighted by Gasteiger charge is 2.30. The lowest BCUT2D eigenvalue weighted by atomic mass is 10.1. The number of nitrogens with one attached hydrogen (secondary N) is 1. The van der Waals surface area contributed by atoms with Gasteiger partial charge in [0.15, 0.2) is 0 Å². The molecule has 1 amide bonds. The molecule has 0 saturated carbocycles. The number of anilines is 1.